The summed E-state index contributed by atoms with van der Waals surface area (Å²) >= 11 is 0. The second kappa shape index (κ2) is 6.02. The van der Waals surface area contributed by atoms with Gasteiger partial charge in [-0.1, -0.05) is 31.2 Å². The van der Waals surface area contributed by atoms with Crippen LogP contribution in [0.1, 0.15) is 30.6 Å². The molecule has 0 aliphatic carbocycles. The highest BCUT2D eigenvalue weighted by Gasteiger charge is 2.09. The predicted octanol–water partition coefficient (Wildman–Crippen LogP) is 3.07. The van der Waals surface area contributed by atoms with Gasteiger partial charge in [-0.25, -0.2) is 0 Å². The highest BCUT2D eigenvalue weighted by molar-refractivity contribution is 5.94. The van der Waals surface area contributed by atoms with E-state index in [2.05, 4.69) is 6.92 Å². The number of hydrogen-bond donors (Lipinski definition) is 0. The maximum atomic E-state index is 12.0. The van der Waals surface area contributed by atoms with Crippen molar-refractivity contribution in [3.63, 3.8) is 0 Å². The van der Waals surface area contributed by atoms with Gasteiger partial charge in [0.1, 0.15) is 0 Å². The molecule has 0 saturated heterocycles. The maximum Gasteiger partial charge on any atom is 0.257 e. The van der Waals surface area contributed by atoms with Gasteiger partial charge in [0.25, 0.3) is 5.91 Å². The number of amides is 1. The molecule has 0 bridgehead atoms. The molecule has 1 rings (SSSR count). The molecule has 1 amide bonds. The summed E-state index contributed by atoms with van der Waals surface area (Å²) < 4.78 is 0. The molecular weight excluding hydrogens is 186 g/mol. The lowest BCUT2D eigenvalue weighted by Gasteiger charge is -2.15. The van der Waals surface area contributed by atoms with Gasteiger partial charge in [0, 0.05) is 18.3 Å². The van der Waals surface area contributed by atoms with E-state index in [4.69, 9.17) is 0 Å². The van der Waals surface area contributed by atoms with Gasteiger partial charge in [0.2, 0.25) is 0 Å². The van der Waals surface area contributed by atoms with E-state index in [1.807, 2.05) is 49.5 Å². The van der Waals surface area contributed by atoms with Crippen LogP contribution < -0.4 is 0 Å². The van der Waals surface area contributed by atoms with Crippen molar-refractivity contribution >= 4 is 5.91 Å². The Hall–Kier alpha value is -1.57. The molecule has 0 radical (unpaired) electrons. The predicted molar refractivity (Wildman–Crippen MR) is 62.6 cm³/mol. The Morgan fingerprint density at radius 2 is 1.93 bits per heavy atom. The molecule has 0 unspecified atom stereocenters. The van der Waals surface area contributed by atoms with Crippen molar-refractivity contribution in [2.24, 2.45) is 0 Å². The summed E-state index contributed by atoms with van der Waals surface area (Å²) in [7, 11) is 0. The van der Waals surface area contributed by atoms with Crippen LogP contribution in [0.3, 0.4) is 0 Å². The molecule has 1 aromatic rings. The molecule has 0 spiro atoms. The zero-order valence-corrected chi connectivity index (χ0v) is 9.31. The first-order valence-electron chi connectivity index (χ1n) is 5.32. The smallest absolute Gasteiger partial charge is 0.257 e. The van der Waals surface area contributed by atoms with Gasteiger partial charge < -0.3 is 4.90 Å². The van der Waals surface area contributed by atoms with Crippen molar-refractivity contribution in [1.29, 1.82) is 0 Å². The largest absolute Gasteiger partial charge is 0.316 e. The number of carbonyl (C=O) groups is 1. The standard InChI is InChI=1S/C13H17NO/c1-3-5-11-14(4-2)13(15)12-9-7-6-8-10-12/h5-11H,3-4H2,1-2H3/b11-5+. The number of nitrogens with zero attached hydrogens (tertiary/aromatic N) is 1. The van der Waals surface area contributed by atoms with Crippen molar-refractivity contribution in [2.45, 2.75) is 20.3 Å². The van der Waals surface area contributed by atoms with Crippen molar-refractivity contribution < 1.29 is 4.79 Å². The lowest BCUT2D eigenvalue weighted by Crippen LogP contribution is -2.25. The zero-order chi connectivity index (χ0) is 11.1. The molecule has 2 heteroatoms. The lowest BCUT2D eigenvalue weighted by molar-refractivity contribution is 0.0828. The number of allylic oxidation sites excluding steroid dienone is 1. The summed E-state index contributed by atoms with van der Waals surface area (Å²) in [4.78, 5) is 13.7. The molecule has 0 atom stereocenters. The third kappa shape index (κ3) is 3.24. The molecule has 0 saturated carbocycles. The average molecular weight is 203 g/mol. The summed E-state index contributed by atoms with van der Waals surface area (Å²) in [5.41, 5.74) is 0.736. The molecule has 0 fully saturated rings. The van der Waals surface area contributed by atoms with E-state index in [-0.39, 0.29) is 5.91 Å². The minimum Gasteiger partial charge on any atom is -0.316 e. The van der Waals surface area contributed by atoms with Crippen LogP contribution in [0.4, 0.5) is 0 Å². The molecule has 15 heavy (non-hydrogen) atoms. The van der Waals surface area contributed by atoms with Crippen LogP contribution in [-0.2, 0) is 0 Å². The summed E-state index contributed by atoms with van der Waals surface area (Å²) in [6.07, 6.45) is 4.79. The average Bonchev–Trinajstić information content (AvgIpc) is 2.31. The third-order valence-electron chi connectivity index (χ3n) is 2.14. The Morgan fingerprint density at radius 1 is 1.27 bits per heavy atom. The van der Waals surface area contributed by atoms with Crippen LogP contribution in [0.5, 0.6) is 0 Å². The second-order valence-electron chi connectivity index (χ2n) is 3.25. The highest BCUT2D eigenvalue weighted by atomic mass is 16.2. The van der Waals surface area contributed by atoms with E-state index < -0.39 is 0 Å². The molecule has 0 N–H and O–H groups in total. The van der Waals surface area contributed by atoms with Gasteiger partial charge in [-0.05, 0) is 25.5 Å². The Morgan fingerprint density at radius 3 is 2.47 bits per heavy atom. The van der Waals surface area contributed by atoms with Gasteiger partial charge in [0.05, 0.1) is 0 Å². The maximum absolute atomic E-state index is 12.0. The van der Waals surface area contributed by atoms with Crippen LogP contribution in [-0.4, -0.2) is 17.4 Å². The van der Waals surface area contributed by atoms with Crippen LogP contribution in [0.25, 0.3) is 0 Å². The monoisotopic (exact) mass is 203 g/mol. The first-order chi connectivity index (χ1) is 7.29. The second-order valence-corrected chi connectivity index (χ2v) is 3.25. The Kier molecular flexibility index (Phi) is 4.61. The first kappa shape index (κ1) is 11.5. The molecular formula is C13H17NO. The van der Waals surface area contributed by atoms with Crippen molar-refractivity contribution in [3.8, 4) is 0 Å². The first-order valence-corrected chi connectivity index (χ1v) is 5.32. The molecule has 80 valence electrons. The van der Waals surface area contributed by atoms with Crippen molar-refractivity contribution in [3.05, 3.63) is 48.2 Å². The van der Waals surface area contributed by atoms with E-state index in [1.54, 1.807) is 4.90 Å². The lowest BCUT2D eigenvalue weighted by atomic mass is 10.2. The number of hydrogen-bond acceptors (Lipinski definition) is 1. The third-order valence-corrected chi connectivity index (χ3v) is 2.14. The number of carbonyl (C=O) groups excluding carboxylic acids is 1. The summed E-state index contributed by atoms with van der Waals surface area (Å²) in [6.45, 7) is 4.72. The fraction of sp³-hybridized carbons (Fsp3) is 0.308. The van der Waals surface area contributed by atoms with Gasteiger partial charge >= 0.3 is 0 Å². The van der Waals surface area contributed by atoms with E-state index >= 15 is 0 Å². The summed E-state index contributed by atoms with van der Waals surface area (Å²) in [5, 5.41) is 0. The van der Waals surface area contributed by atoms with Gasteiger partial charge in [-0.2, -0.15) is 0 Å². The molecule has 2 nitrogen and oxygen atoms in total. The minimum atomic E-state index is 0.0581. The van der Waals surface area contributed by atoms with Crippen LogP contribution in [0, 0.1) is 0 Å². The number of benzene rings is 1. The van der Waals surface area contributed by atoms with E-state index in [0.717, 1.165) is 12.0 Å². The van der Waals surface area contributed by atoms with E-state index in [9.17, 15) is 4.79 Å². The zero-order valence-electron chi connectivity index (χ0n) is 9.31. The Labute approximate surface area is 91.2 Å². The quantitative estimate of drug-likeness (QED) is 0.736. The van der Waals surface area contributed by atoms with Crippen molar-refractivity contribution in [2.75, 3.05) is 6.54 Å². The van der Waals surface area contributed by atoms with E-state index in [1.165, 1.54) is 0 Å². The summed E-state index contributed by atoms with van der Waals surface area (Å²) in [5.74, 6) is 0.0581. The fourth-order valence-electron chi connectivity index (χ4n) is 1.30. The van der Waals surface area contributed by atoms with Crippen LogP contribution >= 0.6 is 0 Å². The van der Waals surface area contributed by atoms with Gasteiger partial charge in [0.15, 0.2) is 0 Å². The SMILES string of the molecule is CC/C=C/N(CC)C(=O)c1ccccc1. The Balaban J connectivity index is 2.78. The minimum absolute atomic E-state index is 0.0581. The molecule has 0 aliphatic heterocycles. The topological polar surface area (TPSA) is 20.3 Å². The number of rotatable bonds is 4. The summed E-state index contributed by atoms with van der Waals surface area (Å²) in [6, 6.07) is 9.35. The van der Waals surface area contributed by atoms with E-state index in [0.29, 0.717) is 6.54 Å². The van der Waals surface area contributed by atoms with Crippen LogP contribution in [0.2, 0.25) is 0 Å². The fourth-order valence-corrected chi connectivity index (χ4v) is 1.30. The molecule has 1 aromatic carbocycles. The molecule has 0 aliphatic rings. The highest BCUT2D eigenvalue weighted by Crippen LogP contribution is 2.05. The van der Waals surface area contributed by atoms with Gasteiger partial charge in [-0.15, -0.1) is 0 Å². The molecule has 0 heterocycles. The van der Waals surface area contributed by atoms with Crippen molar-refractivity contribution in [1.82, 2.24) is 4.90 Å². The Bertz CT molecular complexity index is 330. The molecule has 0 aromatic heterocycles. The van der Waals surface area contributed by atoms with Gasteiger partial charge in [-0.3, -0.25) is 4.79 Å². The van der Waals surface area contributed by atoms with Crippen LogP contribution in [0.15, 0.2) is 42.6 Å². The normalized spacial score (nSPS) is 10.5.